The number of hydrogen-bond acceptors (Lipinski definition) is 9. The number of ether oxygens (including phenoxy) is 2. The number of nitrogens with one attached hydrogen (secondary N) is 1. The van der Waals surface area contributed by atoms with Crippen LogP contribution in [0, 0.1) is 0 Å². The minimum absolute atomic E-state index is 0. The van der Waals surface area contributed by atoms with Crippen molar-refractivity contribution in [1.82, 2.24) is 14.2 Å². The molecule has 0 saturated heterocycles. The molecule has 1 aliphatic heterocycles. The van der Waals surface area contributed by atoms with Crippen molar-refractivity contribution in [2.75, 3.05) is 52.4 Å². The third kappa shape index (κ3) is 7.93. The van der Waals surface area contributed by atoms with Gasteiger partial charge in [0, 0.05) is 62.9 Å². The van der Waals surface area contributed by atoms with Crippen LogP contribution >= 0.6 is 35.1 Å². The second-order valence-corrected chi connectivity index (χ2v) is 15.1. The van der Waals surface area contributed by atoms with Crippen molar-refractivity contribution in [3.8, 4) is 10.6 Å². The van der Waals surface area contributed by atoms with Gasteiger partial charge in [0.05, 0.1) is 28.3 Å². The van der Waals surface area contributed by atoms with Crippen molar-refractivity contribution in [3.63, 3.8) is 0 Å². The van der Waals surface area contributed by atoms with Gasteiger partial charge in [0.25, 0.3) is 5.91 Å². The van der Waals surface area contributed by atoms with E-state index in [1.54, 1.807) is 34.8 Å². The summed E-state index contributed by atoms with van der Waals surface area (Å²) in [7, 11) is -0.742. The number of fused-ring (bicyclic) bond motifs is 2. The number of nitrogens with zero attached hydrogens (tertiary/aromatic N) is 3. The van der Waals surface area contributed by atoms with E-state index < -0.39 is 10.0 Å². The quantitative estimate of drug-likeness (QED) is 0.148. The number of aromatic nitrogens is 1. The fraction of sp³-hybridized carbons (Fsp3) is 0.294. The number of rotatable bonds is 13. The number of amides is 1. The maximum absolute atomic E-state index is 13.6. The van der Waals surface area contributed by atoms with E-state index in [0.29, 0.717) is 5.56 Å². The molecule has 1 amide bonds. The predicted octanol–water partition coefficient (Wildman–Crippen LogP) is 6.54. The number of thiazole rings is 1. The van der Waals surface area contributed by atoms with E-state index in [9.17, 15) is 13.2 Å². The first-order valence-electron chi connectivity index (χ1n) is 15.0. The van der Waals surface area contributed by atoms with Gasteiger partial charge >= 0.3 is 0 Å². The van der Waals surface area contributed by atoms with Crippen LogP contribution in [-0.4, -0.2) is 75.6 Å². The molecule has 3 aromatic carbocycles. The summed E-state index contributed by atoms with van der Waals surface area (Å²) in [6.07, 6.45) is 0.856. The van der Waals surface area contributed by atoms with Crippen LogP contribution in [0.5, 0.6) is 0 Å². The van der Waals surface area contributed by atoms with Gasteiger partial charge < -0.3 is 14.8 Å². The van der Waals surface area contributed by atoms with Crippen molar-refractivity contribution in [1.29, 1.82) is 0 Å². The highest BCUT2D eigenvalue weighted by atomic mass is 35.5. The van der Waals surface area contributed by atoms with Crippen LogP contribution in [0.25, 0.3) is 20.8 Å². The molecular weight excluding hydrogens is 676 g/mol. The van der Waals surface area contributed by atoms with Crippen molar-refractivity contribution in [2.24, 2.45) is 0 Å². The molecule has 0 atom stereocenters. The predicted molar refractivity (Wildman–Crippen MR) is 191 cm³/mol. The molecule has 2 aromatic heterocycles. The molecule has 0 bridgehead atoms. The SMILES string of the molecule is COCCN(CCOC)S(=O)(=O)c1ccc(C(=O)Nc2sc3c(c2-c2nc4ccccc4s2)CCN(Cc2ccccc2)C3)cc1.Cl. The zero-order valence-corrected chi connectivity index (χ0v) is 29.4. The number of anilines is 1. The lowest BCUT2D eigenvalue weighted by atomic mass is 10.0. The van der Waals surface area contributed by atoms with E-state index in [1.165, 1.54) is 46.7 Å². The summed E-state index contributed by atoms with van der Waals surface area (Å²) in [5, 5.41) is 4.81. The Morgan fingerprint density at radius 3 is 2.30 bits per heavy atom. The summed E-state index contributed by atoms with van der Waals surface area (Å²) in [5.74, 6) is -0.304. The van der Waals surface area contributed by atoms with Gasteiger partial charge in [0.2, 0.25) is 10.0 Å². The monoisotopic (exact) mass is 712 g/mol. The number of carbonyl (C=O) groups is 1. The third-order valence-corrected chi connectivity index (χ3v) is 12.1. The highest BCUT2D eigenvalue weighted by Gasteiger charge is 2.29. The number of halogens is 1. The van der Waals surface area contributed by atoms with Crippen molar-refractivity contribution in [2.45, 2.75) is 24.4 Å². The highest BCUT2D eigenvalue weighted by molar-refractivity contribution is 7.89. The summed E-state index contributed by atoms with van der Waals surface area (Å²) in [5.41, 5.74) is 4.79. The number of benzene rings is 3. The zero-order valence-electron chi connectivity index (χ0n) is 26.2. The molecule has 3 heterocycles. The molecule has 0 saturated carbocycles. The van der Waals surface area contributed by atoms with Gasteiger partial charge in [-0.2, -0.15) is 4.31 Å². The Hall–Kier alpha value is -3.20. The van der Waals surface area contributed by atoms with Crippen LogP contribution in [0.4, 0.5) is 5.00 Å². The van der Waals surface area contributed by atoms with Crippen LogP contribution < -0.4 is 5.32 Å². The molecule has 0 unspecified atom stereocenters. The first-order valence-corrected chi connectivity index (χ1v) is 18.1. The molecule has 0 aliphatic carbocycles. The number of hydrogen-bond donors (Lipinski definition) is 1. The molecule has 1 N–H and O–H groups in total. The second kappa shape index (κ2) is 15.8. The molecule has 5 aromatic rings. The van der Waals surface area contributed by atoms with Gasteiger partial charge in [-0.15, -0.1) is 35.1 Å². The number of para-hydroxylation sites is 1. The molecule has 6 rings (SSSR count). The van der Waals surface area contributed by atoms with Gasteiger partial charge in [-0.25, -0.2) is 13.4 Å². The number of methoxy groups -OCH3 is 2. The Labute approximate surface area is 289 Å². The molecule has 0 fully saturated rings. The highest BCUT2D eigenvalue weighted by Crippen LogP contribution is 2.46. The Bertz CT molecular complexity index is 1870. The second-order valence-electron chi connectivity index (χ2n) is 11.0. The topological polar surface area (TPSA) is 101 Å². The molecular formula is C34H37ClN4O5S3. The maximum atomic E-state index is 13.6. The molecule has 9 nitrogen and oxygen atoms in total. The minimum atomic E-state index is -3.80. The van der Waals surface area contributed by atoms with Crippen LogP contribution in [0.1, 0.15) is 26.4 Å². The molecule has 1 aliphatic rings. The standard InChI is InChI=1S/C34H36N4O5S3.ClH/c1-42-20-18-38(19-21-43-2)46(40,41)26-14-12-25(13-15-26)32(39)36-34-31(33-35-28-10-6-7-11-29(28)44-33)27-16-17-37(23-30(27)45-34)22-24-8-4-3-5-9-24;/h3-15H,16-23H2,1-2H3,(H,36,39);1H. The number of carbonyl (C=O) groups excluding carboxylic acids is 1. The lowest BCUT2D eigenvalue weighted by Crippen LogP contribution is -2.36. The van der Waals surface area contributed by atoms with E-state index >= 15 is 0 Å². The van der Waals surface area contributed by atoms with Gasteiger partial charge in [0.1, 0.15) is 10.0 Å². The van der Waals surface area contributed by atoms with E-state index in [0.717, 1.165) is 51.8 Å². The maximum Gasteiger partial charge on any atom is 0.256 e. The summed E-state index contributed by atoms with van der Waals surface area (Å²) in [6.45, 7) is 3.48. The van der Waals surface area contributed by atoms with Crippen molar-refractivity contribution < 1.29 is 22.7 Å². The first kappa shape index (κ1) is 35.1. The molecule has 13 heteroatoms. The van der Waals surface area contributed by atoms with E-state index in [4.69, 9.17) is 14.5 Å². The van der Waals surface area contributed by atoms with E-state index in [-0.39, 0.29) is 49.5 Å². The molecule has 248 valence electrons. The summed E-state index contributed by atoms with van der Waals surface area (Å²) >= 11 is 3.23. The van der Waals surface area contributed by atoms with Gasteiger partial charge in [-0.05, 0) is 53.9 Å². The normalized spacial score (nSPS) is 13.4. The Morgan fingerprint density at radius 2 is 1.62 bits per heavy atom. The lowest BCUT2D eigenvalue weighted by molar-refractivity contribution is 0.102. The average molecular weight is 713 g/mol. The van der Waals surface area contributed by atoms with E-state index in [1.807, 2.05) is 24.3 Å². The zero-order chi connectivity index (χ0) is 32.1. The largest absolute Gasteiger partial charge is 0.383 e. The summed E-state index contributed by atoms with van der Waals surface area (Å²) in [4.78, 5) is 22.4. The van der Waals surface area contributed by atoms with E-state index in [2.05, 4.69) is 40.5 Å². The fourth-order valence-electron chi connectivity index (χ4n) is 5.57. The van der Waals surface area contributed by atoms with Gasteiger partial charge in [0.15, 0.2) is 0 Å². The van der Waals surface area contributed by atoms with Gasteiger partial charge in [-0.3, -0.25) is 9.69 Å². The molecule has 47 heavy (non-hydrogen) atoms. The first-order chi connectivity index (χ1) is 22.4. The Balaban J connectivity index is 0.00000433. The Morgan fingerprint density at radius 1 is 0.936 bits per heavy atom. The smallest absolute Gasteiger partial charge is 0.256 e. The summed E-state index contributed by atoms with van der Waals surface area (Å²) < 4.78 is 39.3. The number of sulfonamides is 1. The van der Waals surface area contributed by atoms with Gasteiger partial charge in [-0.1, -0.05) is 42.5 Å². The average Bonchev–Trinajstić information content (AvgIpc) is 3.65. The molecule has 0 radical (unpaired) electrons. The molecule has 0 spiro atoms. The van der Waals surface area contributed by atoms with Crippen molar-refractivity contribution >= 4 is 66.2 Å². The van der Waals surface area contributed by atoms with Crippen molar-refractivity contribution in [3.05, 3.63) is 100 Å². The Kier molecular flexibility index (Phi) is 11.8. The van der Waals surface area contributed by atoms with Crippen LogP contribution in [-0.2, 0) is 39.0 Å². The minimum Gasteiger partial charge on any atom is -0.383 e. The number of thiophene rings is 1. The van der Waals surface area contributed by atoms with Crippen LogP contribution in [0.3, 0.4) is 0 Å². The lowest BCUT2D eigenvalue weighted by Gasteiger charge is -2.27. The summed E-state index contributed by atoms with van der Waals surface area (Å²) in [6, 6.07) is 24.6. The third-order valence-electron chi connectivity index (χ3n) is 7.96. The fourth-order valence-corrected chi connectivity index (χ4v) is 9.37. The van der Waals surface area contributed by atoms with Crippen LogP contribution in [0.15, 0.2) is 83.8 Å². The van der Waals surface area contributed by atoms with Crippen LogP contribution in [0.2, 0.25) is 0 Å².